The second kappa shape index (κ2) is 19.2. The molecule has 0 aliphatic heterocycles. The van der Waals surface area contributed by atoms with Crippen LogP contribution in [0.2, 0.25) is 8.87 Å². The summed E-state index contributed by atoms with van der Waals surface area (Å²) >= 11 is -4.10. The van der Waals surface area contributed by atoms with Crippen LogP contribution in [0.4, 0.5) is 0 Å². The zero-order valence-electron chi connectivity index (χ0n) is 36.0. The Morgan fingerprint density at radius 2 is 0.825 bits per heavy atom. The van der Waals surface area contributed by atoms with Crippen molar-refractivity contribution in [2.45, 2.75) is 152 Å². The summed E-state index contributed by atoms with van der Waals surface area (Å²) in [6, 6.07) is 29.6. The summed E-state index contributed by atoms with van der Waals surface area (Å²) in [6.45, 7) is 18.5. The van der Waals surface area contributed by atoms with E-state index in [0.29, 0.717) is 0 Å². The molecule has 2 heterocycles. The molecule has 0 N–H and O–H groups in total. The van der Waals surface area contributed by atoms with Crippen molar-refractivity contribution >= 4 is 41.3 Å². The van der Waals surface area contributed by atoms with Crippen molar-refractivity contribution in [2.75, 3.05) is 0 Å². The molecule has 0 atom stereocenters. The predicted octanol–water partition coefficient (Wildman–Crippen LogP) is 13.4. The standard InChI is InChI=1S/2C20H25N3O.2C4H9.Sn/c2*1-4-5-8-13-20(2,3)15-11-12-19(24)18(14-15)23-21-16-9-6-7-10-17(16)22-23;2*1-3-4-2;/h2*6-7,9-12,14,24H,4-5,8,13H2,1-3H3;2*1,3-4H2,2H3;/q;;;;+2/p-2. The molecule has 0 fully saturated rings. The van der Waals surface area contributed by atoms with Crippen molar-refractivity contribution in [2.24, 2.45) is 0 Å². The van der Waals surface area contributed by atoms with Crippen LogP contribution < -0.4 is 6.15 Å². The Morgan fingerprint density at radius 3 is 1.16 bits per heavy atom. The van der Waals surface area contributed by atoms with E-state index in [9.17, 15) is 0 Å². The molecule has 2 aromatic heterocycles. The van der Waals surface area contributed by atoms with Crippen molar-refractivity contribution in [3.8, 4) is 22.9 Å². The second-order valence-electron chi connectivity index (χ2n) is 17.3. The number of aromatic nitrogens is 6. The fraction of sp³-hybridized carbons (Fsp3) is 0.500. The van der Waals surface area contributed by atoms with Gasteiger partial charge in [-0.25, -0.2) is 0 Å². The average Bonchev–Trinajstić information content (AvgIpc) is 3.84. The minimum absolute atomic E-state index is 0.0163. The van der Waals surface area contributed by atoms with Crippen LogP contribution in [-0.2, 0) is 10.8 Å². The molecule has 0 radical (unpaired) electrons. The van der Waals surface area contributed by atoms with Gasteiger partial charge < -0.3 is 0 Å². The molecular formula is C48H66N6O2Sn. The summed E-state index contributed by atoms with van der Waals surface area (Å²) in [5.74, 6) is 1.59. The average molecular weight is 878 g/mol. The number of hydrogen-bond acceptors (Lipinski definition) is 6. The fourth-order valence-electron chi connectivity index (χ4n) is 7.86. The summed E-state index contributed by atoms with van der Waals surface area (Å²) in [7, 11) is 0. The van der Waals surface area contributed by atoms with Crippen LogP contribution in [0.3, 0.4) is 0 Å². The van der Waals surface area contributed by atoms with E-state index in [4.69, 9.17) is 26.5 Å². The summed E-state index contributed by atoms with van der Waals surface area (Å²) in [5.41, 5.74) is 7.69. The number of nitrogens with zero attached hydrogens (tertiary/aromatic N) is 6. The summed E-state index contributed by atoms with van der Waals surface area (Å²) in [4.78, 5) is 3.59. The normalized spacial score (nSPS) is 12.5. The van der Waals surface area contributed by atoms with Gasteiger partial charge in [0.05, 0.1) is 0 Å². The molecule has 0 aliphatic rings. The third-order valence-electron chi connectivity index (χ3n) is 11.7. The SMILES string of the molecule is CCCCCC(C)(C)c1ccc([O][Sn]([CH2]CCC)([CH2]CCC)[O]c2ccc(C(C)(C)CCCCC)cc2-n2nc3ccccc3n2)c(-n2nc3ccccc3n2)c1. The first-order valence-corrected chi connectivity index (χ1v) is 28.2. The van der Waals surface area contributed by atoms with Gasteiger partial charge in [0.1, 0.15) is 0 Å². The van der Waals surface area contributed by atoms with Crippen LogP contribution in [0.1, 0.15) is 144 Å². The Kier molecular flexibility index (Phi) is 14.4. The van der Waals surface area contributed by atoms with E-state index in [1.54, 1.807) is 9.59 Å². The molecule has 0 saturated carbocycles. The third-order valence-corrected chi connectivity index (χ3v) is 21.5. The molecule has 0 saturated heterocycles. The number of rotatable bonds is 22. The molecule has 6 rings (SSSR count). The van der Waals surface area contributed by atoms with Gasteiger partial charge in [-0.3, -0.25) is 0 Å². The van der Waals surface area contributed by atoms with Crippen LogP contribution in [0, 0.1) is 0 Å². The van der Waals surface area contributed by atoms with Gasteiger partial charge in [0.25, 0.3) is 0 Å². The maximum atomic E-state index is 7.61. The van der Waals surface area contributed by atoms with Crippen molar-refractivity contribution in [1.29, 1.82) is 0 Å². The molecule has 0 aliphatic carbocycles. The molecule has 4 aromatic carbocycles. The zero-order chi connectivity index (χ0) is 40.5. The van der Waals surface area contributed by atoms with Crippen LogP contribution in [0.15, 0.2) is 84.9 Å². The first-order chi connectivity index (χ1) is 27.5. The molecule has 0 bridgehead atoms. The van der Waals surface area contributed by atoms with E-state index < -0.39 is 19.2 Å². The van der Waals surface area contributed by atoms with Crippen molar-refractivity contribution in [3.63, 3.8) is 0 Å². The Morgan fingerprint density at radius 1 is 0.474 bits per heavy atom. The molecule has 57 heavy (non-hydrogen) atoms. The van der Waals surface area contributed by atoms with Crippen molar-refractivity contribution in [3.05, 3.63) is 96.1 Å². The summed E-state index contributed by atoms with van der Waals surface area (Å²) in [6.07, 6.45) is 13.7. The number of benzene rings is 4. The van der Waals surface area contributed by atoms with E-state index >= 15 is 0 Å². The van der Waals surface area contributed by atoms with E-state index in [1.807, 2.05) is 48.5 Å². The second-order valence-corrected chi connectivity index (χ2v) is 26.5. The van der Waals surface area contributed by atoms with Gasteiger partial charge in [-0.05, 0) is 0 Å². The summed E-state index contributed by atoms with van der Waals surface area (Å²) in [5, 5.41) is 20.0. The van der Waals surface area contributed by atoms with E-state index in [2.05, 4.69) is 91.8 Å². The van der Waals surface area contributed by atoms with Gasteiger partial charge in [-0.2, -0.15) is 0 Å². The monoisotopic (exact) mass is 878 g/mol. The Bertz CT molecular complexity index is 1980. The number of unbranched alkanes of at least 4 members (excludes halogenated alkanes) is 6. The van der Waals surface area contributed by atoms with Crippen LogP contribution in [-0.4, -0.2) is 49.2 Å². The first-order valence-electron chi connectivity index (χ1n) is 21.8. The number of hydrogen-bond donors (Lipinski definition) is 0. The molecule has 304 valence electrons. The molecule has 0 unspecified atom stereocenters. The molecule has 9 heteroatoms. The number of fused-ring (bicyclic) bond motifs is 2. The topological polar surface area (TPSA) is 79.9 Å². The van der Waals surface area contributed by atoms with E-state index in [1.165, 1.54) is 49.7 Å². The minimum atomic E-state index is -4.10. The van der Waals surface area contributed by atoms with Gasteiger partial charge in [0.15, 0.2) is 0 Å². The third kappa shape index (κ3) is 10.4. The molecule has 0 amide bonds. The Balaban J connectivity index is 1.48. The predicted molar refractivity (Wildman–Crippen MR) is 239 cm³/mol. The van der Waals surface area contributed by atoms with Gasteiger partial charge in [-0.1, -0.05) is 0 Å². The Hall–Kier alpha value is -3.92. The molecular weight excluding hydrogens is 811 g/mol. The van der Waals surface area contributed by atoms with Gasteiger partial charge in [0.2, 0.25) is 0 Å². The van der Waals surface area contributed by atoms with Crippen molar-refractivity contribution in [1.82, 2.24) is 30.0 Å². The van der Waals surface area contributed by atoms with Gasteiger partial charge in [0, 0.05) is 0 Å². The van der Waals surface area contributed by atoms with Crippen LogP contribution in [0.5, 0.6) is 11.5 Å². The van der Waals surface area contributed by atoms with Crippen LogP contribution in [0.25, 0.3) is 33.4 Å². The summed E-state index contributed by atoms with van der Waals surface area (Å²) < 4.78 is 17.1. The zero-order valence-corrected chi connectivity index (χ0v) is 38.8. The van der Waals surface area contributed by atoms with E-state index in [0.717, 1.165) is 92.3 Å². The first kappa shape index (κ1) is 42.7. The van der Waals surface area contributed by atoms with E-state index in [-0.39, 0.29) is 10.8 Å². The van der Waals surface area contributed by atoms with Crippen LogP contribution >= 0.6 is 0 Å². The van der Waals surface area contributed by atoms with Crippen molar-refractivity contribution < 1.29 is 6.15 Å². The van der Waals surface area contributed by atoms with Gasteiger partial charge >= 0.3 is 348 Å². The Labute approximate surface area is 346 Å². The molecule has 0 spiro atoms. The quantitative estimate of drug-likeness (QED) is 0.0499. The fourth-order valence-corrected chi connectivity index (χ4v) is 18.2. The maximum absolute atomic E-state index is 7.61. The molecule has 6 aromatic rings. The molecule has 8 nitrogen and oxygen atoms in total. The van der Waals surface area contributed by atoms with Gasteiger partial charge in [-0.15, -0.1) is 0 Å².